The van der Waals surface area contributed by atoms with Crippen molar-refractivity contribution in [3.8, 4) is 5.75 Å². The second kappa shape index (κ2) is 8.14. The van der Waals surface area contributed by atoms with Crippen LogP contribution in [0.15, 0.2) is 40.5 Å². The van der Waals surface area contributed by atoms with Crippen LogP contribution < -0.4 is 34.3 Å². The third-order valence-electron chi connectivity index (χ3n) is 3.01. The Hall–Kier alpha value is -0.680. The number of hydrogen-bond donors (Lipinski definition) is 0. The molecule has 26 heavy (non-hydrogen) atoms. The molecular weight excluding hydrogens is 394 g/mol. The Morgan fingerprint density at radius 1 is 0.923 bits per heavy atom. The van der Waals surface area contributed by atoms with E-state index in [-0.39, 0.29) is 29.6 Å². The fourth-order valence-corrected chi connectivity index (χ4v) is 2.76. The number of allylic oxidation sites excluding steroid dienone is 2. The molecule has 0 aliphatic rings. The topological polar surface area (TPSA) is 66.4 Å². The third-order valence-corrected chi connectivity index (χ3v) is 3.86. The van der Waals surface area contributed by atoms with Crippen molar-refractivity contribution >= 4 is 10.1 Å². The van der Waals surface area contributed by atoms with Crippen LogP contribution in [-0.2, 0) is 10.1 Å². The normalized spacial score (nSPS) is 13.0. The number of rotatable bonds is 5. The van der Waals surface area contributed by atoms with Crippen LogP contribution in [0.4, 0.5) is 22.0 Å². The molecule has 11 heteroatoms. The van der Waals surface area contributed by atoms with E-state index < -0.39 is 49.6 Å². The molecule has 4 nitrogen and oxygen atoms in total. The number of alkyl halides is 5. The molecule has 1 aromatic rings. The van der Waals surface area contributed by atoms with E-state index in [0.29, 0.717) is 0 Å². The SMILES string of the molecule is CC(C)(F)C(=C(Oc1ccc(S(=O)(=O)[O-])cc1)C(F)(F)F)C(C)(C)F.[Na+]. The molecule has 0 heterocycles. The summed E-state index contributed by atoms with van der Waals surface area (Å²) in [6.07, 6.45) is -5.22. The molecule has 0 atom stereocenters. The number of halogens is 5. The second-order valence-electron chi connectivity index (χ2n) is 6.17. The predicted molar refractivity (Wildman–Crippen MR) is 78.5 cm³/mol. The van der Waals surface area contributed by atoms with E-state index in [0.717, 1.165) is 52.0 Å². The molecule has 0 fully saturated rings. The Morgan fingerprint density at radius 3 is 1.58 bits per heavy atom. The molecular formula is C15H16F5NaO4S. The van der Waals surface area contributed by atoms with Crippen molar-refractivity contribution < 1.29 is 69.2 Å². The van der Waals surface area contributed by atoms with Gasteiger partial charge in [-0.3, -0.25) is 0 Å². The average Bonchev–Trinajstić information content (AvgIpc) is 2.33. The maximum atomic E-state index is 14.3. The van der Waals surface area contributed by atoms with Crippen molar-refractivity contribution in [1.29, 1.82) is 0 Å². The zero-order valence-electron chi connectivity index (χ0n) is 14.7. The summed E-state index contributed by atoms with van der Waals surface area (Å²) >= 11 is 0. The van der Waals surface area contributed by atoms with Crippen molar-refractivity contribution in [2.75, 3.05) is 0 Å². The summed E-state index contributed by atoms with van der Waals surface area (Å²) in [4.78, 5) is -0.686. The van der Waals surface area contributed by atoms with Crippen LogP contribution in [0.5, 0.6) is 5.75 Å². The summed E-state index contributed by atoms with van der Waals surface area (Å²) in [6, 6.07) is 3.02. The maximum absolute atomic E-state index is 14.3. The Balaban J connectivity index is 0.00000625. The van der Waals surface area contributed by atoms with Crippen molar-refractivity contribution in [2.24, 2.45) is 0 Å². The largest absolute Gasteiger partial charge is 1.00 e. The van der Waals surface area contributed by atoms with Gasteiger partial charge in [0.2, 0.25) is 5.76 Å². The predicted octanol–water partition coefficient (Wildman–Crippen LogP) is 1.29. The Morgan fingerprint density at radius 2 is 1.31 bits per heavy atom. The molecule has 142 valence electrons. The first-order chi connectivity index (χ1) is 10.9. The minimum absolute atomic E-state index is 0. The van der Waals surface area contributed by atoms with Gasteiger partial charge in [0.05, 0.1) is 10.5 Å². The summed E-state index contributed by atoms with van der Waals surface area (Å²) in [5, 5.41) is 0. The van der Waals surface area contributed by atoms with Crippen molar-refractivity contribution in [3.05, 3.63) is 35.6 Å². The molecule has 0 unspecified atom stereocenters. The molecule has 0 aliphatic carbocycles. The molecule has 0 bridgehead atoms. The van der Waals surface area contributed by atoms with Crippen LogP contribution in [0.3, 0.4) is 0 Å². The summed E-state index contributed by atoms with van der Waals surface area (Å²) < 4.78 is 106. The minimum atomic E-state index is -5.22. The summed E-state index contributed by atoms with van der Waals surface area (Å²) in [5.41, 5.74) is -6.64. The van der Waals surface area contributed by atoms with Gasteiger partial charge < -0.3 is 9.29 Å². The number of hydrogen-bond acceptors (Lipinski definition) is 4. The molecule has 0 saturated heterocycles. The fraction of sp³-hybridized carbons (Fsp3) is 0.467. The molecule has 0 saturated carbocycles. The van der Waals surface area contributed by atoms with E-state index in [1.165, 1.54) is 0 Å². The quantitative estimate of drug-likeness (QED) is 0.318. The zero-order valence-corrected chi connectivity index (χ0v) is 17.6. The van der Waals surface area contributed by atoms with Gasteiger partial charge in [-0.1, -0.05) is 0 Å². The molecule has 0 aliphatic heterocycles. The van der Waals surface area contributed by atoms with Crippen molar-refractivity contribution in [2.45, 2.75) is 50.1 Å². The summed E-state index contributed by atoms with van der Waals surface area (Å²) in [5.74, 6) is -2.42. The molecule has 0 N–H and O–H groups in total. The van der Waals surface area contributed by atoms with Crippen molar-refractivity contribution in [3.63, 3.8) is 0 Å². The van der Waals surface area contributed by atoms with Gasteiger partial charge in [-0.05, 0) is 52.0 Å². The van der Waals surface area contributed by atoms with Crippen LogP contribution in [0.1, 0.15) is 27.7 Å². The van der Waals surface area contributed by atoms with Gasteiger partial charge in [-0.2, -0.15) is 13.2 Å². The van der Waals surface area contributed by atoms with E-state index in [9.17, 15) is 34.9 Å². The third kappa shape index (κ3) is 6.80. The molecule has 0 aromatic heterocycles. The molecule has 0 radical (unpaired) electrons. The number of ether oxygens (including phenoxy) is 1. The summed E-state index contributed by atoms with van der Waals surface area (Å²) in [7, 11) is -4.80. The fourth-order valence-electron chi connectivity index (χ4n) is 2.29. The van der Waals surface area contributed by atoms with E-state index in [2.05, 4.69) is 4.74 Å². The van der Waals surface area contributed by atoms with Gasteiger partial charge in [-0.15, -0.1) is 0 Å². The standard InChI is InChI=1S/C15H17F5O4S.Na/c1-13(2,16)11(14(3,4)17)12(15(18,19)20)24-9-5-7-10(8-6-9)25(21,22)23;/h5-8H,1-4H3,(H,21,22,23);/q;+1/p-1. The zero-order chi connectivity index (χ0) is 19.8. The maximum Gasteiger partial charge on any atom is 1.00 e. The Labute approximate surface area is 170 Å². The van der Waals surface area contributed by atoms with Gasteiger partial charge in [0.25, 0.3) is 0 Å². The number of benzene rings is 1. The molecule has 1 rings (SSSR count). The van der Waals surface area contributed by atoms with Crippen LogP contribution in [0, 0.1) is 0 Å². The van der Waals surface area contributed by atoms with Gasteiger partial charge in [0, 0.05) is 0 Å². The van der Waals surface area contributed by atoms with Gasteiger partial charge in [0.1, 0.15) is 27.2 Å². The van der Waals surface area contributed by atoms with E-state index in [1.807, 2.05) is 0 Å². The molecule has 0 amide bonds. The Bertz CT molecular complexity index is 741. The van der Waals surface area contributed by atoms with E-state index >= 15 is 0 Å². The first-order valence-corrected chi connectivity index (χ1v) is 8.29. The van der Waals surface area contributed by atoms with E-state index in [1.54, 1.807) is 0 Å². The van der Waals surface area contributed by atoms with Crippen LogP contribution >= 0.6 is 0 Å². The van der Waals surface area contributed by atoms with Gasteiger partial charge in [0.15, 0.2) is 0 Å². The first kappa shape index (κ1) is 25.3. The van der Waals surface area contributed by atoms with Gasteiger partial charge >= 0.3 is 35.7 Å². The van der Waals surface area contributed by atoms with Crippen LogP contribution in [0.25, 0.3) is 0 Å². The first-order valence-electron chi connectivity index (χ1n) is 6.88. The Kier molecular flexibility index (Phi) is 7.92. The molecule has 1 aromatic carbocycles. The molecule has 0 spiro atoms. The average molecular weight is 410 g/mol. The minimum Gasteiger partial charge on any atom is -0.744 e. The monoisotopic (exact) mass is 410 g/mol. The summed E-state index contributed by atoms with van der Waals surface area (Å²) in [6.45, 7) is 3.02. The second-order valence-corrected chi connectivity index (χ2v) is 7.55. The van der Waals surface area contributed by atoms with E-state index in [4.69, 9.17) is 0 Å². The van der Waals surface area contributed by atoms with Gasteiger partial charge in [-0.25, -0.2) is 17.2 Å². The van der Waals surface area contributed by atoms with Crippen LogP contribution in [0.2, 0.25) is 0 Å². The van der Waals surface area contributed by atoms with Crippen LogP contribution in [-0.4, -0.2) is 30.5 Å². The van der Waals surface area contributed by atoms with Crippen molar-refractivity contribution in [1.82, 2.24) is 0 Å². The smallest absolute Gasteiger partial charge is 0.744 e.